The van der Waals surface area contributed by atoms with Crippen LogP contribution in [-0.2, 0) is 4.74 Å². The minimum atomic E-state index is -0.642. The molecular weight excluding hydrogens is 372 g/mol. The zero-order valence-corrected chi connectivity index (χ0v) is 16.3. The maximum absolute atomic E-state index is 12.9. The maximum atomic E-state index is 12.9. The number of hydrogen-bond acceptors (Lipinski definition) is 6. The molecule has 0 unspecified atom stereocenters. The maximum Gasteiger partial charge on any atom is 0.434 e. The zero-order chi connectivity index (χ0) is 20.6. The van der Waals surface area contributed by atoms with Crippen molar-refractivity contribution in [2.75, 3.05) is 18.5 Å². The molecule has 1 amide bonds. The van der Waals surface area contributed by atoms with Crippen LogP contribution in [0.25, 0.3) is 11.4 Å². The summed E-state index contributed by atoms with van der Waals surface area (Å²) in [6, 6.07) is 12.3. The van der Waals surface area contributed by atoms with Gasteiger partial charge in [0.15, 0.2) is 0 Å². The van der Waals surface area contributed by atoms with Gasteiger partial charge in [0.1, 0.15) is 11.4 Å². The Labute approximate surface area is 168 Å². The van der Waals surface area contributed by atoms with Gasteiger partial charge in [-0.05, 0) is 37.6 Å². The van der Waals surface area contributed by atoms with Crippen LogP contribution in [0.1, 0.15) is 30.6 Å². The van der Waals surface area contributed by atoms with Gasteiger partial charge in [0.25, 0.3) is 5.91 Å². The van der Waals surface area contributed by atoms with Gasteiger partial charge in [0.2, 0.25) is 0 Å². The number of ether oxygens (including phenoxy) is 2. The third kappa shape index (κ3) is 4.78. The van der Waals surface area contributed by atoms with Crippen LogP contribution < -0.4 is 10.1 Å². The first-order valence-corrected chi connectivity index (χ1v) is 9.35. The molecule has 0 saturated heterocycles. The highest BCUT2D eigenvalue weighted by molar-refractivity contribution is 6.07. The lowest BCUT2D eigenvalue weighted by molar-refractivity contribution is 0.102. The summed E-state index contributed by atoms with van der Waals surface area (Å²) in [5.41, 5.74) is 1.60. The number of hydrogen-bond donors (Lipinski definition) is 1. The van der Waals surface area contributed by atoms with Crippen molar-refractivity contribution in [1.29, 1.82) is 0 Å². The summed E-state index contributed by atoms with van der Waals surface area (Å²) in [7, 11) is 0. The molecule has 0 spiro atoms. The molecule has 0 saturated carbocycles. The summed E-state index contributed by atoms with van der Waals surface area (Å²) in [6.07, 6.45) is 3.21. The van der Waals surface area contributed by atoms with Crippen molar-refractivity contribution in [3.8, 4) is 17.1 Å². The first-order chi connectivity index (χ1) is 14.1. The second kappa shape index (κ2) is 9.50. The molecule has 0 aliphatic heterocycles. The van der Waals surface area contributed by atoms with E-state index < -0.39 is 6.09 Å². The van der Waals surface area contributed by atoms with E-state index in [1.165, 1.54) is 6.20 Å². The fraction of sp³-hybridized carbons (Fsp3) is 0.238. The number of rotatable bonds is 7. The van der Waals surface area contributed by atoms with Crippen molar-refractivity contribution in [3.63, 3.8) is 0 Å². The molecule has 3 aromatic rings. The summed E-state index contributed by atoms with van der Waals surface area (Å²) in [5, 5.41) is 7.06. The molecule has 29 heavy (non-hydrogen) atoms. The molecule has 0 aliphatic carbocycles. The molecule has 0 atom stereocenters. The number of para-hydroxylation sites is 1. The molecule has 8 heteroatoms. The summed E-state index contributed by atoms with van der Waals surface area (Å²) in [4.78, 5) is 29.3. The van der Waals surface area contributed by atoms with E-state index >= 15 is 0 Å². The topological polar surface area (TPSA) is 95.3 Å². The molecule has 1 N–H and O–H groups in total. The van der Waals surface area contributed by atoms with Crippen LogP contribution in [0, 0.1) is 0 Å². The SMILES string of the molecule is CCCOc1ccccc1C(=O)Nc1cn(C(=O)OCC)nc1-c1ccccn1. The van der Waals surface area contributed by atoms with Crippen LogP contribution in [0.15, 0.2) is 54.9 Å². The lowest BCUT2D eigenvalue weighted by Gasteiger charge is -2.11. The van der Waals surface area contributed by atoms with Gasteiger partial charge in [-0.15, -0.1) is 0 Å². The largest absolute Gasteiger partial charge is 0.493 e. The lowest BCUT2D eigenvalue weighted by atomic mass is 10.1. The van der Waals surface area contributed by atoms with Crippen LogP contribution in [0.3, 0.4) is 0 Å². The second-order valence-electron chi connectivity index (χ2n) is 6.05. The molecule has 2 heterocycles. The number of amides is 1. The van der Waals surface area contributed by atoms with Crippen molar-refractivity contribution in [1.82, 2.24) is 14.8 Å². The smallest absolute Gasteiger partial charge is 0.434 e. The molecule has 1 aromatic carbocycles. The van der Waals surface area contributed by atoms with Crippen molar-refractivity contribution in [3.05, 3.63) is 60.4 Å². The first-order valence-electron chi connectivity index (χ1n) is 9.35. The first kappa shape index (κ1) is 20.1. The van der Waals surface area contributed by atoms with E-state index in [0.29, 0.717) is 35.0 Å². The van der Waals surface area contributed by atoms with Crippen LogP contribution in [0.5, 0.6) is 5.75 Å². The summed E-state index contributed by atoms with van der Waals surface area (Å²) in [6.45, 7) is 4.41. The minimum absolute atomic E-state index is 0.210. The summed E-state index contributed by atoms with van der Waals surface area (Å²) in [5.74, 6) is 0.112. The molecule has 2 aromatic heterocycles. The number of carbonyl (C=O) groups excluding carboxylic acids is 2. The summed E-state index contributed by atoms with van der Waals surface area (Å²) >= 11 is 0. The fourth-order valence-corrected chi connectivity index (χ4v) is 2.62. The number of benzene rings is 1. The van der Waals surface area contributed by atoms with E-state index in [-0.39, 0.29) is 12.5 Å². The van der Waals surface area contributed by atoms with Crippen molar-refractivity contribution in [2.45, 2.75) is 20.3 Å². The van der Waals surface area contributed by atoms with E-state index in [2.05, 4.69) is 15.4 Å². The average molecular weight is 394 g/mol. The number of nitrogens with zero attached hydrogens (tertiary/aromatic N) is 3. The Morgan fingerprint density at radius 2 is 1.90 bits per heavy atom. The van der Waals surface area contributed by atoms with Crippen LogP contribution in [0.2, 0.25) is 0 Å². The Morgan fingerprint density at radius 1 is 1.10 bits per heavy atom. The second-order valence-corrected chi connectivity index (χ2v) is 6.05. The van der Waals surface area contributed by atoms with Gasteiger partial charge in [-0.25, -0.2) is 4.79 Å². The van der Waals surface area contributed by atoms with Gasteiger partial charge in [0, 0.05) is 6.20 Å². The normalized spacial score (nSPS) is 10.4. The Balaban J connectivity index is 1.94. The van der Waals surface area contributed by atoms with Gasteiger partial charge in [-0.2, -0.15) is 9.78 Å². The van der Waals surface area contributed by atoms with Crippen molar-refractivity contribution in [2.24, 2.45) is 0 Å². The van der Waals surface area contributed by atoms with E-state index in [9.17, 15) is 9.59 Å². The standard InChI is InChI=1S/C21H22N4O4/c1-3-13-29-18-11-6-5-9-15(18)20(26)23-17-14-25(21(27)28-4-2)24-19(17)16-10-7-8-12-22-16/h5-12,14H,3-4,13H2,1-2H3,(H,23,26). The number of aromatic nitrogens is 3. The van der Waals surface area contributed by atoms with E-state index in [0.717, 1.165) is 11.1 Å². The Kier molecular flexibility index (Phi) is 6.57. The molecule has 0 aliphatic rings. The number of pyridine rings is 1. The van der Waals surface area contributed by atoms with Crippen molar-refractivity contribution < 1.29 is 19.1 Å². The van der Waals surface area contributed by atoms with E-state index in [4.69, 9.17) is 9.47 Å². The van der Waals surface area contributed by atoms with E-state index in [1.54, 1.807) is 55.6 Å². The molecule has 0 bridgehead atoms. The predicted molar refractivity (Wildman–Crippen MR) is 108 cm³/mol. The van der Waals surface area contributed by atoms with E-state index in [1.807, 2.05) is 6.92 Å². The van der Waals surface area contributed by atoms with Crippen LogP contribution in [0.4, 0.5) is 10.5 Å². The number of carbonyl (C=O) groups is 2. The van der Waals surface area contributed by atoms with Gasteiger partial charge < -0.3 is 14.8 Å². The minimum Gasteiger partial charge on any atom is -0.493 e. The highest BCUT2D eigenvalue weighted by Crippen LogP contribution is 2.27. The highest BCUT2D eigenvalue weighted by Gasteiger charge is 2.20. The average Bonchev–Trinajstić information content (AvgIpc) is 3.17. The monoisotopic (exact) mass is 394 g/mol. The predicted octanol–water partition coefficient (Wildman–Crippen LogP) is 3.99. The van der Waals surface area contributed by atoms with Gasteiger partial charge in [0.05, 0.1) is 36.4 Å². The lowest BCUT2D eigenvalue weighted by Crippen LogP contribution is -2.15. The Hall–Kier alpha value is -3.68. The quantitative estimate of drug-likeness (QED) is 0.651. The molecule has 150 valence electrons. The third-order valence-electron chi connectivity index (χ3n) is 3.92. The molecule has 8 nitrogen and oxygen atoms in total. The molecule has 0 radical (unpaired) electrons. The number of anilines is 1. The van der Waals surface area contributed by atoms with Gasteiger partial charge in [-0.1, -0.05) is 25.1 Å². The molecule has 0 fully saturated rings. The van der Waals surface area contributed by atoms with Gasteiger partial charge in [-0.3, -0.25) is 9.78 Å². The third-order valence-corrected chi connectivity index (χ3v) is 3.92. The van der Waals surface area contributed by atoms with Gasteiger partial charge >= 0.3 is 6.09 Å². The van der Waals surface area contributed by atoms with Crippen LogP contribution >= 0.6 is 0 Å². The molecule has 3 rings (SSSR count). The number of nitrogens with one attached hydrogen (secondary N) is 1. The van der Waals surface area contributed by atoms with Crippen molar-refractivity contribution >= 4 is 17.7 Å². The summed E-state index contributed by atoms with van der Waals surface area (Å²) < 4.78 is 11.7. The Bertz CT molecular complexity index is 985. The highest BCUT2D eigenvalue weighted by atomic mass is 16.5. The molecular formula is C21H22N4O4. The van der Waals surface area contributed by atoms with Crippen LogP contribution in [-0.4, -0.2) is 40.0 Å². The zero-order valence-electron chi connectivity index (χ0n) is 16.3. The fourth-order valence-electron chi connectivity index (χ4n) is 2.62. The Morgan fingerprint density at radius 3 is 2.62 bits per heavy atom.